The van der Waals surface area contributed by atoms with Gasteiger partial charge in [-0.2, -0.15) is 4.68 Å². The molecule has 0 fully saturated rings. The Hall–Kier alpha value is -1.96. The Labute approximate surface area is 90.3 Å². The third kappa shape index (κ3) is 2.34. The minimum absolute atomic E-state index is 0.311. The van der Waals surface area contributed by atoms with Crippen LogP contribution < -0.4 is 0 Å². The van der Waals surface area contributed by atoms with E-state index in [0.29, 0.717) is 5.56 Å². The van der Waals surface area contributed by atoms with Gasteiger partial charge in [0.15, 0.2) is 5.60 Å². The molecule has 1 aromatic heterocycles. The average molecular weight is 229 g/mol. The minimum Gasteiger partial charge on any atom is -0.479 e. The number of nitrogens with zero attached hydrogens (tertiary/aromatic N) is 3. The number of aliphatic hydroxyl groups is 1. The van der Waals surface area contributed by atoms with E-state index in [9.17, 15) is 20.0 Å². The lowest BCUT2D eigenvalue weighted by Gasteiger charge is -2.15. The standard InChI is InChI=1S/C8H11N3O5/c1-5-3-10(9-6(5)11(15)16)4-8(2,14)7(12)13/h3,14H,4H2,1-2H3,(H,12,13). The minimum atomic E-state index is -2.01. The number of hydrogen-bond acceptors (Lipinski definition) is 5. The summed E-state index contributed by atoms with van der Waals surface area (Å²) in [6.45, 7) is 2.23. The number of carbonyl (C=O) groups is 1. The van der Waals surface area contributed by atoms with Gasteiger partial charge in [0.05, 0.1) is 16.9 Å². The van der Waals surface area contributed by atoms with Crippen molar-refractivity contribution in [2.24, 2.45) is 0 Å². The summed E-state index contributed by atoms with van der Waals surface area (Å²) in [7, 11) is 0. The van der Waals surface area contributed by atoms with E-state index < -0.39 is 16.5 Å². The van der Waals surface area contributed by atoms with Gasteiger partial charge in [0.1, 0.15) is 6.54 Å². The number of aryl methyl sites for hydroxylation is 1. The zero-order chi connectivity index (χ0) is 12.5. The van der Waals surface area contributed by atoms with Crippen LogP contribution in [0.1, 0.15) is 12.5 Å². The number of aromatic nitrogens is 2. The Bertz CT molecular complexity index is 437. The third-order valence-electron chi connectivity index (χ3n) is 2.02. The van der Waals surface area contributed by atoms with Crippen molar-refractivity contribution in [3.05, 3.63) is 21.9 Å². The highest BCUT2D eigenvalue weighted by Crippen LogP contribution is 2.16. The predicted octanol–water partition coefficient (Wildman–Crippen LogP) is -0.0647. The predicted molar refractivity (Wildman–Crippen MR) is 51.9 cm³/mol. The smallest absolute Gasteiger partial charge is 0.392 e. The van der Waals surface area contributed by atoms with E-state index in [1.54, 1.807) is 0 Å². The molecule has 1 rings (SSSR count). The van der Waals surface area contributed by atoms with Crippen molar-refractivity contribution in [3.8, 4) is 0 Å². The highest BCUT2D eigenvalue weighted by Gasteiger charge is 2.33. The van der Waals surface area contributed by atoms with E-state index in [1.165, 1.54) is 13.1 Å². The molecule has 8 heteroatoms. The van der Waals surface area contributed by atoms with Crippen LogP contribution in [-0.2, 0) is 11.3 Å². The first-order valence-corrected chi connectivity index (χ1v) is 4.38. The molecule has 1 heterocycles. The molecule has 0 radical (unpaired) electrons. The Morgan fingerprint density at radius 2 is 2.31 bits per heavy atom. The SMILES string of the molecule is Cc1cn(CC(C)(O)C(=O)O)nc1[N+](=O)[O-]. The molecule has 1 aromatic rings. The molecule has 0 saturated heterocycles. The van der Waals surface area contributed by atoms with Gasteiger partial charge in [-0.15, -0.1) is 0 Å². The molecule has 2 N–H and O–H groups in total. The summed E-state index contributed by atoms with van der Waals surface area (Å²) in [4.78, 5) is 20.4. The second kappa shape index (κ2) is 3.89. The molecular formula is C8H11N3O5. The van der Waals surface area contributed by atoms with Crippen molar-refractivity contribution in [3.63, 3.8) is 0 Å². The summed E-state index contributed by atoms with van der Waals surface area (Å²) in [5, 5.41) is 32.2. The molecule has 0 spiro atoms. The summed E-state index contributed by atoms with van der Waals surface area (Å²) >= 11 is 0. The van der Waals surface area contributed by atoms with Gasteiger partial charge in [-0.1, -0.05) is 0 Å². The lowest BCUT2D eigenvalue weighted by Crippen LogP contribution is -2.39. The maximum absolute atomic E-state index is 10.6. The fourth-order valence-corrected chi connectivity index (χ4v) is 1.16. The Kier molecular flexibility index (Phi) is 2.95. The van der Waals surface area contributed by atoms with Gasteiger partial charge < -0.3 is 20.3 Å². The average Bonchev–Trinajstić information content (AvgIpc) is 2.45. The molecule has 1 unspecified atom stereocenters. The summed E-state index contributed by atoms with van der Waals surface area (Å²) in [6, 6.07) is 0. The van der Waals surface area contributed by atoms with E-state index in [1.807, 2.05) is 0 Å². The van der Waals surface area contributed by atoms with Gasteiger partial charge in [-0.05, 0) is 18.8 Å². The van der Waals surface area contributed by atoms with Crippen LogP contribution in [0.2, 0.25) is 0 Å². The van der Waals surface area contributed by atoms with Gasteiger partial charge in [-0.3, -0.25) is 0 Å². The zero-order valence-electron chi connectivity index (χ0n) is 8.75. The van der Waals surface area contributed by atoms with Crippen LogP contribution in [0, 0.1) is 17.0 Å². The van der Waals surface area contributed by atoms with Crippen LogP contribution >= 0.6 is 0 Å². The van der Waals surface area contributed by atoms with Gasteiger partial charge in [0.2, 0.25) is 0 Å². The van der Waals surface area contributed by atoms with Crippen LogP contribution in [0.5, 0.6) is 0 Å². The maximum atomic E-state index is 10.6. The molecule has 0 aliphatic rings. The van der Waals surface area contributed by atoms with Crippen LogP contribution in [0.15, 0.2) is 6.20 Å². The van der Waals surface area contributed by atoms with Gasteiger partial charge >= 0.3 is 11.8 Å². The fourth-order valence-electron chi connectivity index (χ4n) is 1.16. The third-order valence-corrected chi connectivity index (χ3v) is 2.02. The van der Waals surface area contributed by atoms with Crippen LogP contribution in [0.4, 0.5) is 5.82 Å². The highest BCUT2D eigenvalue weighted by atomic mass is 16.6. The number of carboxylic acids is 1. The molecule has 16 heavy (non-hydrogen) atoms. The van der Waals surface area contributed by atoms with Crippen LogP contribution in [0.3, 0.4) is 0 Å². The number of rotatable bonds is 4. The van der Waals surface area contributed by atoms with Crippen molar-refractivity contribution in [2.75, 3.05) is 0 Å². The molecule has 88 valence electrons. The molecule has 0 aromatic carbocycles. The number of aliphatic carboxylic acids is 1. The molecule has 0 amide bonds. The quantitative estimate of drug-likeness (QED) is 0.551. The number of nitro groups is 1. The Morgan fingerprint density at radius 3 is 2.69 bits per heavy atom. The van der Waals surface area contributed by atoms with E-state index >= 15 is 0 Å². The highest BCUT2D eigenvalue weighted by molar-refractivity contribution is 5.76. The number of carboxylic acid groups (broad SMARTS) is 1. The molecule has 0 bridgehead atoms. The molecule has 1 atom stereocenters. The van der Waals surface area contributed by atoms with E-state index in [0.717, 1.165) is 11.6 Å². The van der Waals surface area contributed by atoms with Gasteiger partial charge in [0, 0.05) is 0 Å². The summed E-state index contributed by atoms with van der Waals surface area (Å²) in [5.74, 6) is -1.76. The normalized spacial score (nSPS) is 14.4. The summed E-state index contributed by atoms with van der Waals surface area (Å²) < 4.78 is 1.04. The van der Waals surface area contributed by atoms with Gasteiger partial charge in [-0.25, -0.2) is 4.79 Å². The first-order chi connectivity index (χ1) is 7.24. The van der Waals surface area contributed by atoms with Crippen LogP contribution in [-0.4, -0.2) is 36.5 Å². The maximum Gasteiger partial charge on any atom is 0.392 e. The molecular weight excluding hydrogens is 218 g/mol. The van der Waals surface area contributed by atoms with Crippen molar-refractivity contribution in [2.45, 2.75) is 26.0 Å². The Balaban J connectivity index is 2.96. The fraction of sp³-hybridized carbons (Fsp3) is 0.500. The summed E-state index contributed by atoms with van der Waals surface area (Å²) in [5.41, 5.74) is -1.70. The molecule has 8 nitrogen and oxygen atoms in total. The first-order valence-electron chi connectivity index (χ1n) is 4.38. The second-order valence-electron chi connectivity index (χ2n) is 3.67. The van der Waals surface area contributed by atoms with E-state index in [-0.39, 0.29) is 12.4 Å². The van der Waals surface area contributed by atoms with E-state index in [4.69, 9.17) is 5.11 Å². The molecule has 0 aliphatic carbocycles. The lowest BCUT2D eigenvalue weighted by atomic mass is 10.1. The zero-order valence-corrected chi connectivity index (χ0v) is 8.75. The molecule has 0 aliphatic heterocycles. The summed E-state index contributed by atoms with van der Waals surface area (Å²) in [6.07, 6.45) is 1.32. The lowest BCUT2D eigenvalue weighted by molar-refractivity contribution is -0.390. The van der Waals surface area contributed by atoms with Crippen molar-refractivity contribution in [1.82, 2.24) is 9.78 Å². The second-order valence-corrected chi connectivity index (χ2v) is 3.67. The van der Waals surface area contributed by atoms with Crippen LogP contribution in [0.25, 0.3) is 0 Å². The molecule has 0 saturated carbocycles. The van der Waals surface area contributed by atoms with E-state index in [2.05, 4.69) is 5.10 Å². The van der Waals surface area contributed by atoms with Crippen molar-refractivity contribution >= 4 is 11.8 Å². The number of hydrogen-bond donors (Lipinski definition) is 2. The van der Waals surface area contributed by atoms with Gasteiger partial charge in [0.25, 0.3) is 0 Å². The first kappa shape index (κ1) is 12.1. The largest absolute Gasteiger partial charge is 0.479 e. The monoisotopic (exact) mass is 229 g/mol. The van der Waals surface area contributed by atoms with Crippen molar-refractivity contribution < 1.29 is 19.9 Å². The Morgan fingerprint density at radius 1 is 1.75 bits per heavy atom. The topological polar surface area (TPSA) is 118 Å². The van der Waals surface area contributed by atoms with Crippen molar-refractivity contribution in [1.29, 1.82) is 0 Å².